The second-order valence-corrected chi connectivity index (χ2v) is 3.28. The predicted octanol–water partition coefficient (Wildman–Crippen LogP) is 2.08. The highest BCUT2D eigenvalue weighted by Crippen LogP contribution is 2.19. The minimum Gasteiger partial charge on any atom is -0.360 e. The van der Waals surface area contributed by atoms with Crippen LogP contribution in [-0.4, -0.2) is 16.6 Å². The quantitative estimate of drug-likeness (QED) is 0.602. The summed E-state index contributed by atoms with van der Waals surface area (Å²) < 4.78 is 12.8. The van der Waals surface area contributed by atoms with Crippen molar-refractivity contribution in [2.45, 2.75) is 6.92 Å². The average molecular weight is 205 g/mol. The van der Waals surface area contributed by atoms with Crippen LogP contribution < -0.4 is 0 Å². The molecule has 0 bridgehead atoms. The second-order valence-electron chi connectivity index (χ2n) is 3.28. The van der Waals surface area contributed by atoms with Gasteiger partial charge in [-0.05, 0) is 18.2 Å². The van der Waals surface area contributed by atoms with Crippen LogP contribution in [0.25, 0.3) is 10.9 Å². The molecule has 4 heteroatoms. The number of hydrogen-bond donors (Lipinski definition) is 1. The van der Waals surface area contributed by atoms with Gasteiger partial charge in [0.25, 0.3) is 0 Å². The molecular weight excluding hydrogens is 197 g/mol. The third-order valence-corrected chi connectivity index (χ3v) is 2.21. The van der Waals surface area contributed by atoms with Gasteiger partial charge in [-0.1, -0.05) is 0 Å². The standard InChI is InChI=1S/C11H8FNO2/c1-6(14)11(15)9-5-13-10-4-7(12)2-3-8(9)10/h2-5,13H,1H3. The number of benzene rings is 1. The Morgan fingerprint density at radius 2 is 2.07 bits per heavy atom. The zero-order valence-corrected chi connectivity index (χ0v) is 8.00. The van der Waals surface area contributed by atoms with Crippen LogP contribution in [0.1, 0.15) is 17.3 Å². The van der Waals surface area contributed by atoms with Crippen LogP contribution >= 0.6 is 0 Å². The van der Waals surface area contributed by atoms with Gasteiger partial charge in [-0.3, -0.25) is 9.59 Å². The van der Waals surface area contributed by atoms with Crippen LogP contribution in [0, 0.1) is 5.82 Å². The van der Waals surface area contributed by atoms with Crippen molar-refractivity contribution in [2.75, 3.05) is 0 Å². The third kappa shape index (κ3) is 1.54. The van der Waals surface area contributed by atoms with Crippen molar-refractivity contribution < 1.29 is 14.0 Å². The Morgan fingerprint density at radius 3 is 2.73 bits per heavy atom. The van der Waals surface area contributed by atoms with Gasteiger partial charge in [0, 0.05) is 24.0 Å². The molecule has 15 heavy (non-hydrogen) atoms. The summed E-state index contributed by atoms with van der Waals surface area (Å²) in [5.41, 5.74) is 0.803. The van der Waals surface area contributed by atoms with E-state index in [1.54, 1.807) is 0 Å². The number of carbonyl (C=O) groups excluding carboxylic acids is 2. The maximum absolute atomic E-state index is 12.8. The highest BCUT2D eigenvalue weighted by molar-refractivity contribution is 6.45. The molecule has 0 aliphatic carbocycles. The van der Waals surface area contributed by atoms with Crippen LogP contribution in [0.2, 0.25) is 0 Å². The molecule has 0 saturated carbocycles. The lowest BCUT2D eigenvalue weighted by atomic mass is 10.1. The lowest BCUT2D eigenvalue weighted by molar-refractivity contribution is -0.113. The zero-order chi connectivity index (χ0) is 11.0. The van der Waals surface area contributed by atoms with Gasteiger partial charge in [0.15, 0.2) is 5.78 Å². The van der Waals surface area contributed by atoms with Gasteiger partial charge in [-0.2, -0.15) is 0 Å². The minimum atomic E-state index is -0.562. The van der Waals surface area contributed by atoms with Gasteiger partial charge in [0.2, 0.25) is 5.78 Å². The number of H-pyrrole nitrogens is 1. The summed E-state index contributed by atoms with van der Waals surface area (Å²) >= 11 is 0. The smallest absolute Gasteiger partial charge is 0.230 e. The first-order chi connectivity index (χ1) is 7.09. The lowest BCUT2D eigenvalue weighted by Gasteiger charge is -1.94. The summed E-state index contributed by atoms with van der Waals surface area (Å²) in [5.74, 6) is -1.47. The van der Waals surface area contributed by atoms with E-state index in [9.17, 15) is 14.0 Å². The number of carbonyl (C=O) groups is 2. The Balaban J connectivity index is 2.64. The summed E-state index contributed by atoms with van der Waals surface area (Å²) in [5, 5.41) is 0.566. The SMILES string of the molecule is CC(=O)C(=O)c1c[nH]c2cc(F)ccc12. The van der Waals surface area contributed by atoms with Gasteiger partial charge in [0.1, 0.15) is 5.82 Å². The van der Waals surface area contributed by atoms with Crippen LogP contribution in [0.3, 0.4) is 0 Å². The molecule has 3 nitrogen and oxygen atoms in total. The maximum Gasteiger partial charge on any atom is 0.230 e. The number of halogens is 1. The van der Waals surface area contributed by atoms with Crippen molar-refractivity contribution in [2.24, 2.45) is 0 Å². The monoisotopic (exact) mass is 205 g/mol. The van der Waals surface area contributed by atoms with Gasteiger partial charge in [-0.15, -0.1) is 0 Å². The summed E-state index contributed by atoms with van der Waals surface area (Å²) in [6, 6.07) is 4.02. The molecule has 0 amide bonds. The number of nitrogens with one attached hydrogen (secondary N) is 1. The molecular formula is C11H8FNO2. The molecule has 2 rings (SSSR count). The van der Waals surface area contributed by atoms with Gasteiger partial charge in [0.05, 0.1) is 5.56 Å². The molecule has 1 aromatic heterocycles. The Bertz CT molecular complexity index is 557. The topological polar surface area (TPSA) is 49.9 Å². The molecule has 0 radical (unpaired) electrons. The fraction of sp³-hybridized carbons (Fsp3) is 0.0909. The van der Waals surface area contributed by atoms with E-state index < -0.39 is 11.6 Å². The second kappa shape index (κ2) is 3.31. The molecule has 76 valence electrons. The van der Waals surface area contributed by atoms with Gasteiger partial charge >= 0.3 is 0 Å². The van der Waals surface area contributed by atoms with Crippen LogP contribution in [0.15, 0.2) is 24.4 Å². The molecule has 0 unspecified atom stereocenters. The summed E-state index contributed by atoms with van der Waals surface area (Å²) in [6.45, 7) is 1.21. The Hall–Kier alpha value is -1.97. The first-order valence-electron chi connectivity index (χ1n) is 4.41. The number of Topliss-reactive ketones (excluding diaryl/α,β-unsaturated/α-hetero) is 2. The van der Waals surface area contributed by atoms with Crippen LogP contribution in [0.4, 0.5) is 4.39 Å². The number of hydrogen-bond acceptors (Lipinski definition) is 2. The molecule has 0 atom stereocenters. The number of fused-ring (bicyclic) bond motifs is 1. The molecule has 1 N–H and O–H groups in total. The van der Waals surface area contributed by atoms with Gasteiger partial charge in [-0.25, -0.2) is 4.39 Å². The number of ketones is 2. The van der Waals surface area contributed by atoms with E-state index in [0.717, 1.165) is 0 Å². The highest BCUT2D eigenvalue weighted by Gasteiger charge is 2.15. The van der Waals surface area contributed by atoms with E-state index >= 15 is 0 Å². The van der Waals surface area contributed by atoms with Crippen molar-refractivity contribution in [1.29, 1.82) is 0 Å². The highest BCUT2D eigenvalue weighted by atomic mass is 19.1. The average Bonchev–Trinajstić information content (AvgIpc) is 2.59. The first kappa shape index (κ1) is 9.58. The first-order valence-corrected chi connectivity index (χ1v) is 4.41. The minimum absolute atomic E-state index is 0.289. The van der Waals surface area contributed by atoms with E-state index in [1.165, 1.54) is 31.3 Å². The van der Waals surface area contributed by atoms with Crippen molar-refractivity contribution in [3.05, 3.63) is 35.8 Å². The fourth-order valence-corrected chi connectivity index (χ4v) is 1.48. The largest absolute Gasteiger partial charge is 0.360 e. The van der Waals surface area contributed by atoms with E-state index in [0.29, 0.717) is 10.9 Å². The summed E-state index contributed by atoms with van der Waals surface area (Å²) in [7, 11) is 0. The Kier molecular flexibility index (Phi) is 2.11. The molecule has 0 fully saturated rings. The fourth-order valence-electron chi connectivity index (χ4n) is 1.48. The lowest BCUT2D eigenvalue weighted by Crippen LogP contribution is -2.08. The van der Waals surface area contributed by atoms with Gasteiger partial charge < -0.3 is 4.98 Å². The normalized spacial score (nSPS) is 10.5. The van der Waals surface area contributed by atoms with Crippen molar-refractivity contribution in [3.8, 4) is 0 Å². The van der Waals surface area contributed by atoms with Crippen molar-refractivity contribution >= 4 is 22.5 Å². The molecule has 0 aliphatic rings. The molecule has 0 spiro atoms. The Morgan fingerprint density at radius 1 is 1.33 bits per heavy atom. The summed E-state index contributed by atoms with van der Waals surface area (Å²) in [4.78, 5) is 25.1. The van der Waals surface area contributed by atoms with E-state index in [-0.39, 0.29) is 11.4 Å². The number of aromatic nitrogens is 1. The van der Waals surface area contributed by atoms with E-state index in [2.05, 4.69) is 4.98 Å². The predicted molar refractivity (Wildman–Crippen MR) is 53.3 cm³/mol. The zero-order valence-electron chi connectivity index (χ0n) is 8.00. The van der Waals surface area contributed by atoms with Crippen LogP contribution in [0.5, 0.6) is 0 Å². The number of rotatable bonds is 2. The molecule has 0 saturated heterocycles. The van der Waals surface area contributed by atoms with E-state index in [1.807, 2.05) is 0 Å². The van der Waals surface area contributed by atoms with Crippen molar-refractivity contribution in [3.63, 3.8) is 0 Å². The molecule has 1 heterocycles. The van der Waals surface area contributed by atoms with E-state index in [4.69, 9.17) is 0 Å². The Labute approximate surface area is 84.9 Å². The third-order valence-electron chi connectivity index (χ3n) is 2.21. The number of aromatic amines is 1. The van der Waals surface area contributed by atoms with Crippen molar-refractivity contribution in [1.82, 2.24) is 4.98 Å². The summed E-state index contributed by atoms with van der Waals surface area (Å²) in [6.07, 6.45) is 1.42. The maximum atomic E-state index is 12.8. The molecule has 1 aromatic carbocycles. The molecule has 2 aromatic rings. The van der Waals surface area contributed by atoms with Crippen LogP contribution in [-0.2, 0) is 4.79 Å². The molecule has 0 aliphatic heterocycles.